The first kappa shape index (κ1) is 20.7. The molecule has 1 aromatic carbocycles. The highest BCUT2D eigenvalue weighted by molar-refractivity contribution is 6.30. The molecule has 31 heavy (non-hydrogen) atoms. The molecule has 0 bridgehead atoms. The zero-order valence-electron chi connectivity index (χ0n) is 16.8. The lowest BCUT2D eigenvalue weighted by Crippen LogP contribution is -2.24. The summed E-state index contributed by atoms with van der Waals surface area (Å²) >= 11 is 5.84. The van der Waals surface area contributed by atoms with Gasteiger partial charge in [-0.05, 0) is 31.2 Å². The van der Waals surface area contributed by atoms with Crippen LogP contribution in [0.4, 0.5) is 4.39 Å². The minimum atomic E-state index is -0.520. The molecule has 0 aliphatic rings. The van der Waals surface area contributed by atoms with E-state index in [1.807, 2.05) is 13.0 Å². The average Bonchev–Trinajstić information content (AvgIpc) is 3.10. The van der Waals surface area contributed by atoms with E-state index in [0.29, 0.717) is 29.4 Å². The molecule has 158 valence electrons. The predicted octanol–water partition coefficient (Wildman–Crippen LogP) is 3.34. The number of rotatable bonds is 6. The minimum Gasteiger partial charge on any atom is -0.478 e. The molecule has 4 rings (SSSR count). The van der Waals surface area contributed by atoms with Crippen molar-refractivity contribution in [2.24, 2.45) is 7.05 Å². The van der Waals surface area contributed by atoms with Crippen LogP contribution in [0.15, 0.2) is 53.6 Å². The molecule has 0 saturated carbocycles. The number of aromatic nitrogens is 6. The first-order chi connectivity index (χ1) is 15.0. The molecule has 0 aliphatic heterocycles. The molecule has 0 aliphatic carbocycles. The number of pyridine rings is 1. The first-order valence-electron chi connectivity index (χ1n) is 9.46. The second kappa shape index (κ2) is 8.65. The Bertz CT molecular complexity index is 1290. The third-order valence-corrected chi connectivity index (χ3v) is 4.90. The van der Waals surface area contributed by atoms with Crippen molar-refractivity contribution in [1.82, 2.24) is 29.8 Å². The van der Waals surface area contributed by atoms with Crippen molar-refractivity contribution in [3.63, 3.8) is 0 Å². The van der Waals surface area contributed by atoms with E-state index >= 15 is 0 Å². The highest BCUT2D eigenvalue weighted by atomic mass is 35.5. The zero-order valence-corrected chi connectivity index (χ0v) is 17.5. The Morgan fingerprint density at radius 2 is 1.97 bits per heavy atom. The molecule has 0 fully saturated rings. The molecule has 3 heterocycles. The first-order valence-corrected chi connectivity index (χ1v) is 9.84. The van der Waals surface area contributed by atoms with Crippen LogP contribution in [0.3, 0.4) is 0 Å². The zero-order chi connectivity index (χ0) is 22.0. The van der Waals surface area contributed by atoms with Gasteiger partial charge in [0.2, 0.25) is 5.88 Å². The summed E-state index contributed by atoms with van der Waals surface area (Å²) in [4.78, 5) is 16.9. The van der Waals surface area contributed by atoms with E-state index < -0.39 is 5.82 Å². The Morgan fingerprint density at radius 1 is 1.13 bits per heavy atom. The molecular weight excluding hydrogens is 423 g/mol. The van der Waals surface area contributed by atoms with Crippen molar-refractivity contribution in [1.29, 1.82) is 0 Å². The van der Waals surface area contributed by atoms with Crippen molar-refractivity contribution in [3.8, 4) is 28.3 Å². The molecule has 4 aromatic rings. The lowest BCUT2D eigenvalue weighted by Gasteiger charge is -2.09. The number of aryl methyl sites for hydroxylation is 1. The Morgan fingerprint density at radius 3 is 2.65 bits per heavy atom. The summed E-state index contributed by atoms with van der Waals surface area (Å²) in [6.07, 6.45) is 3.20. The summed E-state index contributed by atoms with van der Waals surface area (Å²) in [6.45, 7) is 2.47. The Hall–Kier alpha value is -3.59. The van der Waals surface area contributed by atoms with E-state index in [0.717, 1.165) is 5.56 Å². The fraction of sp³-hybridized carbons (Fsp3) is 0.190. The Balaban J connectivity index is 1.64. The quantitative estimate of drug-likeness (QED) is 0.457. The predicted molar refractivity (Wildman–Crippen MR) is 113 cm³/mol. The molecule has 3 aromatic heterocycles. The van der Waals surface area contributed by atoms with Crippen LogP contribution in [0.5, 0.6) is 5.88 Å². The van der Waals surface area contributed by atoms with Gasteiger partial charge in [-0.3, -0.25) is 4.79 Å². The molecule has 0 saturated heterocycles. The highest BCUT2D eigenvalue weighted by Crippen LogP contribution is 2.26. The van der Waals surface area contributed by atoms with Gasteiger partial charge in [-0.15, -0.1) is 5.10 Å². The van der Waals surface area contributed by atoms with Gasteiger partial charge in [0, 0.05) is 47.1 Å². The van der Waals surface area contributed by atoms with Crippen LogP contribution in [0, 0.1) is 5.82 Å². The smallest absolute Gasteiger partial charge is 0.267 e. The van der Waals surface area contributed by atoms with Crippen molar-refractivity contribution < 1.29 is 9.13 Å². The molecule has 0 spiro atoms. The van der Waals surface area contributed by atoms with E-state index in [2.05, 4.69) is 20.4 Å². The van der Waals surface area contributed by atoms with Crippen LogP contribution in [-0.2, 0) is 13.6 Å². The Labute approximate surface area is 181 Å². The molecular formula is C21H18ClFN6O2. The SMILES string of the molecule is CCOc1ccc(-c2cnn(Cc3c(-c4ccc(Cl)cc4F)nnn3C)c(=O)c2)cn1. The van der Waals surface area contributed by atoms with Gasteiger partial charge >= 0.3 is 0 Å². The average molecular weight is 441 g/mol. The van der Waals surface area contributed by atoms with Crippen LogP contribution < -0.4 is 10.3 Å². The molecule has 10 heteroatoms. The van der Waals surface area contributed by atoms with Gasteiger partial charge < -0.3 is 4.74 Å². The normalized spacial score (nSPS) is 11.0. The Kier molecular flexibility index (Phi) is 5.77. The van der Waals surface area contributed by atoms with Crippen molar-refractivity contribution >= 4 is 11.6 Å². The number of nitrogens with zero attached hydrogens (tertiary/aromatic N) is 6. The van der Waals surface area contributed by atoms with Gasteiger partial charge in [0.05, 0.1) is 25.0 Å². The fourth-order valence-corrected chi connectivity index (χ4v) is 3.24. The van der Waals surface area contributed by atoms with Crippen LogP contribution in [-0.4, -0.2) is 36.4 Å². The molecule has 0 amide bonds. The van der Waals surface area contributed by atoms with Crippen LogP contribution in [0.25, 0.3) is 22.4 Å². The fourth-order valence-electron chi connectivity index (χ4n) is 3.08. The van der Waals surface area contributed by atoms with Crippen LogP contribution >= 0.6 is 11.6 Å². The largest absolute Gasteiger partial charge is 0.478 e. The number of benzene rings is 1. The highest BCUT2D eigenvalue weighted by Gasteiger charge is 2.18. The van der Waals surface area contributed by atoms with Crippen LogP contribution in [0.2, 0.25) is 5.02 Å². The van der Waals surface area contributed by atoms with Crippen LogP contribution in [0.1, 0.15) is 12.6 Å². The van der Waals surface area contributed by atoms with Gasteiger partial charge in [0.15, 0.2) is 0 Å². The van der Waals surface area contributed by atoms with Gasteiger partial charge in [-0.1, -0.05) is 16.8 Å². The van der Waals surface area contributed by atoms with Gasteiger partial charge in [0.25, 0.3) is 5.56 Å². The number of hydrogen-bond acceptors (Lipinski definition) is 6. The van der Waals surface area contributed by atoms with E-state index in [-0.39, 0.29) is 22.7 Å². The second-order valence-corrected chi connectivity index (χ2v) is 7.13. The summed E-state index contributed by atoms with van der Waals surface area (Å²) in [5.74, 6) is -0.00822. The topological polar surface area (TPSA) is 87.7 Å². The molecule has 0 unspecified atom stereocenters. The number of hydrogen-bond donors (Lipinski definition) is 0. The molecule has 0 atom stereocenters. The third-order valence-electron chi connectivity index (χ3n) is 4.66. The summed E-state index contributed by atoms with van der Waals surface area (Å²) < 4.78 is 22.5. The standard InChI is InChI=1S/C21H18ClFN6O2/c1-3-31-19-7-4-13(10-24-19)14-8-20(30)29(25-11-14)12-18-21(26-27-28(18)2)16-6-5-15(22)9-17(16)23/h4-11H,3,12H2,1-2H3. The molecule has 0 radical (unpaired) electrons. The lowest BCUT2D eigenvalue weighted by atomic mass is 10.1. The summed E-state index contributed by atoms with van der Waals surface area (Å²) in [5.41, 5.74) is 2.15. The van der Waals surface area contributed by atoms with E-state index in [9.17, 15) is 9.18 Å². The summed E-state index contributed by atoms with van der Waals surface area (Å²) in [5, 5.41) is 12.6. The van der Waals surface area contributed by atoms with E-state index in [4.69, 9.17) is 16.3 Å². The van der Waals surface area contributed by atoms with Crippen molar-refractivity contribution in [2.75, 3.05) is 6.61 Å². The van der Waals surface area contributed by atoms with Gasteiger partial charge in [-0.2, -0.15) is 5.10 Å². The second-order valence-electron chi connectivity index (χ2n) is 6.69. The number of halogens is 2. The maximum Gasteiger partial charge on any atom is 0.267 e. The van der Waals surface area contributed by atoms with Crippen molar-refractivity contribution in [2.45, 2.75) is 13.5 Å². The maximum atomic E-state index is 14.4. The minimum absolute atomic E-state index is 0.0710. The van der Waals surface area contributed by atoms with Gasteiger partial charge in [-0.25, -0.2) is 18.7 Å². The third kappa shape index (κ3) is 4.31. The molecule has 0 N–H and O–H groups in total. The molecule has 8 nitrogen and oxygen atoms in total. The monoisotopic (exact) mass is 440 g/mol. The van der Waals surface area contributed by atoms with Crippen molar-refractivity contribution in [3.05, 3.63) is 75.7 Å². The van der Waals surface area contributed by atoms with E-state index in [1.165, 1.54) is 27.6 Å². The van der Waals surface area contributed by atoms with E-state index in [1.54, 1.807) is 31.6 Å². The number of ether oxygens (including phenoxy) is 1. The summed E-state index contributed by atoms with van der Waals surface area (Å²) in [6, 6.07) is 9.33. The lowest BCUT2D eigenvalue weighted by molar-refractivity contribution is 0.327. The maximum absolute atomic E-state index is 14.4. The summed E-state index contributed by atoms with van der Waals surface area (Å²) in [7, 11) is 1.67. The van der Waals surface area contributed by atoms with Gasteiger partial charge in [0.1, 0.15) is 11.5 Å².